The van der Waals surface area contributed by atoms with Gasteiger partial charge in [-0.05, 0) is 12.1 Å². The second-order valence-corrected chi connectivity index (χ2v) is 4.84. The Labute approximate surface area is 113 Å². The summed E-state index contributed by atoms with van der Waals surface area (Å²) in [7, 11) is 0. The van der Waals surface area contributed by atoms with Gasteiger partial charge in [0.1, 0.15) is 11.3 Å². The highest BCUT2D eigenvalue weighted by Gasteiger charge is 2.47. The molecule has 1 N–H and O–H groups in total. The molecule has 1 fully saturated rings. The van der Waals surface area contributed by atoms with Gasteiger partial charge in [0.15, 0.2) is 0 Å². The van der Waals surface area contributed by atoms with Crippen LogP contribution in [0, 0.1) is 0 Å². The summed E-state index contributed by atoms with van der Waals surface area (Å²) >= 11 is 0. The third-order valence-electron chi connectivity index (χ3n) is 3.47. The van der Waals surface area contributed by atoms with E-state index in [4.69, 9.17) is 5.11 Å². The highest BCUT2D eigenvalue weighted by atomic mass is 19.1. The van der Waals surface area contributed by atoms with Gasteiger partial charge in [-0.3, -0.25) is 4.79 Å². The molecular formula is C13H12FN3O3. The number of carbonyl (C=O) groups excluding carboxylic acids is 1. The van der Waals surface area contributed by atoms with Crippen molar-refractivity contribution in [1.82, 2.24) is 14.3 Å². The molecular weight excluding hydrogens is 265 g/mol. The van der Waals surface area contributed by atoms with Crippen molar-refractivity contribution in [2.75, 3.05) is 13.1 Å². The van der Waals surface area contributed by atoms with E-state index in [1.165, 1.54) is 4.90 Å². The monoisotopic (exact) mass is 277 g/mol. The molecule has 1 saturated heterocycles. The molecule has 3 heterocycles. The lowest BCUT2D eigenvalue weighted by Crippen LogP contribution is -2.39. The Balaban J connectivity index is 1.85. The molecule has 104 valence electrons. The third kappa shape index (κ3) is 1.91. The molecule has 0 aliphatic carbocycles. The number of amides is 1. The molecule has 1 amide bonds. The van der Waals surface area contributed by atoms with Crippen molar-refractivity contribution in [2.24, 2.45) is 0 Å². The van der Waals surface area contributed by atoms with E-state index in [2.05, 4.69) is 4.98 Å². The zero-order valence-corrected chi connectivity index (χ0v) is 10.5. The Morgan fingerprint density at radius 1 is 1.40 bits per heavy atom. The number of carboxylic acids is 1. The molecule has 1 atom stereocenters. The van der Waals surface area contributed by atoms with Crippen LogP contribution >= 0.6 is 0 Å². The van der Waals surface area contributed by atoms with Crippen LogP contribution in [0.25, 0.3) is 5.65 Å². The van der Waals surface area contributed by atoms with Gasteiger partial charge < -0.3 is 14.4 Å². The molecule has 2 aromatic rings. The van der Waals surface area contributed by atoms with Crippen LogP contribution in [0.5, 0.6) is 0 Å². The van der Waals surface area contributed by atoms with Crippen molar-refractivity contribution < 1.29 is 19.1 Å². The van der Waals surface area contributed by atoms with Gasteiger partial charge in [0.2, 0.25) is 5.67 Å². The molecule has 0 spiro atoms. The number of hydrogen-bond donors (Lipinski definition) is 1. The summed E-state index contributed by atoms with van der Waals surface area (Å²) in [6.07, 6.45) is 3.11. The number of pyridine rings is 1. The van der Waals surface area contributed by atoms with Crippen LogP contribution in [0.4, 0.5) is 4.39 Å². The van der Waals surface area contributed by atoms with E-state index >= 15 is 0 Å². The fourth-order valence-electron chi connectivity index (χ4n) is 2.32. The van der Waals surface area contributed by atoms with Crippen LogP contribution in [0.2, 0.25) is 0 Å². The normalized spacial score (nSPS) is 22.4. The van der Waals surface area contributed by atoms with Crippen LogP contribution < -0.4 is 0 Å². The summed E-state index contributed by atoms with van der Waals surface area (Å²) in [4.78, 5) is 28.4. The van der Waals surface area contributed by atoms with Gasteiger partial charge >= 0.3 is 5.97 Å². The molecule has 0 saturated carbocycles. The third-order valence-corrected chi connectivity index (χ3v) is 3.47. The number of fused-ring (bicyclic) bond motifs is 1. The number of aliphatic carboxylic acids is 1. The number of rotatable bonds is 2. The molecule has 0 aromatic carbocycles. The van der Waals surface area contributed by atoms with Gasteiger partial charge in [-0.25, -0.2) is 14.2 Å². The Kier molecular flexibility index (Phi) is 2.70. The molecule has 2 aromatic heterocycles. The standard InChI is InChI=1S/C13H12FN3O3/c14-13(12(19)20)4-6-17(8-13)11(18)9-7-16-5-2-1-3-10(16)15-9/h1-3,5,7H,4,6,8H2,(H,19,20). The quantitative estimate of drug-likeness (QED) is 0.887. The maximum atomic E-state index is 13.9. The SMILES string of the molecule is O=C(c1cn2ccccc2n1)N1CCC(F)(C(=O)O)C1. The molecule has 0 radical (unpaired) electrons. The lowest BCUT2D eigenvalue weighted by Gasteiger charge is -2.16. The van der Waals surface area contributed by atoms with Crippen molar-refractivity contribution in [2.45, 2.75) is 12.1 Å². The first-order valence-corrected chi connectivity index (χ1v) is 6.15. The van der Waals surface area contributed by atoms with Crippen molar-refractivity contribution in [1.29, 1.82) is 0 Å². The van der Waals surface area contributed by atoms with E-state index in [-0.39, 0.29) is 18.7 Å². The average molecular weight is 277 g/mol. The molecule has 0 bridgehead atoms. The van der Waals surface area contributed by atoms with Crippen LogP contribution in [-0.2, 0) is 4.79 Å². The van der Waals surface area contributed by atoms with Gasteiger partial charge in [-0.1, -0.05) is 6.07 Å². The fraction of sp³-hybridized carbons (Fsp3) is 0.308. The van der Waals surface area contributed by atoms with E-state index in [1.807, 2.05) is 0 Å². The molecule has 1 aliphatic rings. The minimum absolute atomic E-state index is 0.0789. The number of aromatic nitrogens is 2. The predicted octanol–water partition coefficient (Wildman–Crippen LogP) is 0.973. The fourth-order valence-corrected chi connectivity index (χ4v) is 2.32. The molecule has 1 unspecified atom stereocenters. The largest absolute Gasteiger partial charge is 0.479 e. The molecule has 6 nitrogen and oxygen atoms in total. The topological polar surface area (TPSA) is 74.9 Å². The smallest absolute Gasteiger partial charge is 0.343 e. The van der Waals surface area contributed by atoms with Crippen LogP contribution in [0.15, 0.2) is 30.6 Å². The average Bonchev–Trinajstić information content (AvgIpc) is 3.02. The number of likely N-dealkylation sites (tertiary alicyclic amines) is 1. The second-order valence-electron chi connectivity index (χ2n) is 4.84. The van der Waals surface area contributed by atoms with Crippen LogP contribution in [0.1, 0.15) is 16.9 Å². The van der Waals surface area contributed by atoms with Gasteiger partial charge in [-0.15, -0.1) is 0 Å². The predicted molar refractivity (Wildman–Crippen MR) is 67.2 cm³/mol. The Hall–Kier alpha value is -2.44. The summed E-state index contributed by atoms with van der Waals surface area (Å²) in [6, 6.07) is 5.34. The molecule has 3 rings (SSSR count). The summed E-state index contributed by atoms with van der Waals surface area (Å²) in [5.74, 6) is -1.97. The van der Waals surface area contributed by atoms with Gasteiger partial charge in [0.05, 0.1) is 6.54 Å². The maximum absolute atomic E-state index is 13.9. The highest BCUT2D eigenvalue weighted by molar-refractivity contribution is 5.94. The van der Waals surface area contributed by atoms with Crippen LogP contribution in [-0.4, -0.2) is 50.0 Å². The molecule has 20 heavy (non-hydrogen) atoms. The number of halogens is 1. The number of hydrogen-bond acceptors (Lipinski definition) is 3. The van der Waals surface area contributed by atoms with E-state index in [1.54, 1.807) is 35.0 Å². The minimum atomic E-state index is -2.35. The number of nitrogens with zero attached hydrogens (tertiary/aromatic N) is 3. The summed E-state index contributed by atoms with van der Waals surface area (Å²) in [5, 5.41) is 8.82. The second kappa shape index (κ2) is 4.29. The van der Waals surface area contributed by atoms with Gasteiger partial charge in [-0.2, -0.15) is 0 Å². The summed E-state index contributed by atoms with van der Waals surface area (Å²) < 4.78 is 15.6. The summed E-state index contributed by atoms with van der Waals surface area (Å²) in [5.41, 5.74) is -1.56. The first-order chi connectivity index (χ1) is 9.49. The lowest BCUT2D eigenvalue weighted by atomic mass is 10.1. The summed E-state index contributed by atoms with van der Waals surface area (Å²) in [6.45, 7) is -0.357. The van der Waals surface area contributed by atoms with Gasteiger partial charge in [0.25, 0.3) is 5.91 Å². The van der Waals surface area contributed by atoms with Gasteiger partial charge in [0, 0.05) is 25.4 Å². The van der Waals surface area contributed by atoms with E-state index in [0.29, 0.717) is 5.65 Å². The molecule has 7 heteroatoms. The number of imidazole rings is 1. The maximum Gasteiger partial charge on any atom is 0.343 e. The number of alkyl halides is 1. The first kappa shape index (κ1) is 12.6. The zero-order chi connectivity index (χ0) is 14.3. The lowest BCUT2D eigenvalue weighted by molar-refractivity contribution is -0.149. The Morgan fingerprint density at radius 2 is 2.20 bits per heavy atom. The van der Waals surface area contributed by atoms with Crippen molar-refractivity contribution in [3.05, 3.63) is 36.3 Å². The zero-order valence-electron chi connectivity index (χ0n) is 10.5. The number of carbonyl (C=O) groups is 2. The first-order valence-electron chi connectivity index (χ1n) is 6.15. The highest BCUT2D eigenvalue weighted by Crippen LogP contribution is 2.27. The Morgan fingerprint density at radius 3 is 2.85 bits per heavy atom. The van der Waals surface area contributed by atoms with E-state index < -0.39 is 24.1 Å². The van der Waals surface area contributed by atoms with Crippen molar-refractivity contribution in [3.63, 3.8) is 0 Å². The van der Waals surface area contributed by atoms with E-state index in [0.717, 1.165) is 0 Å². The van der Waals surface area contributed by atoms with Crippen LogP contribution in [0.3, 0.4) is 0 Å². The van der Waals surface area contributed by atoms with Crippen molar-refractivity contribution >= 4 is 17.5 Å². The van der Waals surface area contributed by atoms with Crippen molar-refractivity contribution in [3.8, 4) is 0 Å². The minimum Gasteiger partial charge on any atom is -0.479 e. The Bertz CT molecular complexity index is 666. The van der Waals surface area contributed by atoms with E-state index in [9.17, 15) is 14.0 Å². The number of carboxylic acid groups (broad SMARTS) is 1. The molecule has 1 aliphatic heterocycles.